The van der Waals surface area contributed by atoms with Crippen molar-refractivity contribution in [2.24, 2.45) is 0 Å². The molecule has 1 unspecified atom stereocenters. The van der Waals surface area contributed by atoms with Gasteiger partial charge in [-0.1, -0.05) is 31.7 Å². The zero-order valence-corrected chi connectivity index (χ0v) is 12.3. The molecular formula is C18H20N3+. The van der Waals surface area contributed by atoms with Crippen LogP contribution < -0.4 is 10.0 Å². The van der Waals surface area contributed by atoms with Gasteiger partial charge in [0.05, 0.1) is 11.3 Å². The van der Waals surface area contributed by atoms with E-state index in [0.717, 1.165) is 18.7 Å². The highest BCUT2D eigenvalue weighted by atomic mass is 15.7. The number of nitrogens with one attached hydrogen (secondary N) is 1. The second kappa shape index (κ2) is 5.54. The van der Waals surface area contributed by atoms with Gasteiger partial charge in [-0.05, 0) is 24.6 Å². The van der Waals surface area contributed by atoms with Gasteiger partial charge < -0.3 is 0 Å². The molecule has 0 amide bonds. The minimum Gasteiger partial charge on any atom is -0.265 e. The van der Waals surface area contributed by atoms with E-state index < -0.39 is 0 Å². The third-order valence-electron chi connectivity index (χ3n) is 3.81. The second-order valence-electron chi connectivity index (χ2n) is 5.25. The van der Waals surface area contributed by atoms with E-state index in [-0.39, 0.29) is 0 Å². The number of hydrogen-bond donors (Lipinski definition) is 1. The molecule has 2 aromatic rings. The van der Waals surface area contributed by atoms with Gasteiger partial charge in [-0.2, -0.15) is 4.59 Å². The number of anilines is 1. The Morgan fingerprint density at radius 2 is 1.95 bits per heavy atom. The normalized spacial score (nSPS) is 19.8. The number of fused-ring (bicyclic) bond motifs is 1. The summed E-state index contributed by atoms with van der Waals surface area (Å²) in [5, 5.41) is 0. The minimum absolute atomic E-state index is 0.623. The monoisotopic (exact) mass is 278 g/mol. The van der Waals surface area contributed by atoms with Crippen molar-refractivity contribution >= 4 is 16.9 Å². The van der Waals surface area contributed by atoms with Gasteiger partial charge in [0.2, 0.25) is 0 Å². The van der Waals surface area contributed by atoms with Crippen molar-refractivity contribution in [1.29, 1.82) is 0 Å². The molecule has 21 heavy (non-hydrogen) atoms. The number of hydrogen-bond acceptors (Lipinski definition) is 2. The van der Waals surface area contributed by atoms with Crippen LogP contribution >= 0.6 is 0 Å². The van der Waals surface area contributed by atoms with E-state index in [1.54, 1.807) is 0 Å². The highest BCUT2D eigenvalue weighted by Gasteiger charge is 2.37. The number of benzene rings is 1. The molecule has 0 fully saturated rings. The number of quaternary nitrogens is 1. The molecule has 1 aliphatic rings. The Morgan fingerprint density at radius 1 is 1.19 bits per heavy atom. The summed E-state index contributed by atoms with van der Waals surface area (Å²) in [6.07, 6.45) is 8.88. The van der Waals surface area contributed by atoms with E-state index in [9.17, 15) is 0 Å². The zero-order valence-electron chi connectivity index (χ0n) is 12.3. The SMILES string of the molecule is C=CC1=C[N+](CCC)(Nc2ccncc2)c2ccccc21. The first-order valence-electron chi connectivity index (χ1n) is 7.30. The smallest absolute Gasteiger partial charge is 0.170 e. The number of pyridine rings is 1. The summed E-state index contributed by atoms with van der Waals surface area (Å²) in [5.74, 6) is 0. The predicted molar refractivity (Wildman–Crippen MR) is 89.4 cm³/mol. The Morgan fingerprint density at radius 3 is 2.67 bits per heavy atom. The molecule has 3 heteroatoms. The maximum Gasteiger partial charge on any atom is 0.170 e. The maximum absolute atomic E-state index is 4.09. The lowest BCUT2D eigenvalue weighted by atomic mass is 10.1. The predicted octanol–water partition coefficient (Wildman–Crippen LogP) is 4.37. The van der Waals surface area contributed by atoms with Gasteiger partial charge in [0.25, 0.3) is 0 Å². The first-order chi connectivity index (χ1) is 10.3. The van der Waals surface area contributed by atoms with Crippen LogP contribution in [0.4, 0.5) is 11.4 Å². The largest absolute Gasteiger partial charge is 0.265 e. The maximum atomic E-state index is 4.09. The Hall–Kier alpha value is -2.39. The molecule has 1 N–H and O–H groups in total. The molecule has 2 heterocycles. The van der Waals surface area contributed by atoms with Gasteiger partial charge in [0.15, 0.2) is 5.69 Å². The van der Waals surface area contributed by atoms with Crippen molar-refractivity contribution in [2.45, 2.75) is 13.3 Å². The number of nitrogens with zero attached hydrogens (tertiary/aromatic N) is 2. The van der Waals surface area contributed by atoms with Crippen molar-refractivity contribution in [3.8, 4) is 0 Å². The molecule has 0 spiro atoms. The van der Waals surface area contributed by atoms with Crippen molar-refractivity contribution in [2.75, 3.05) is 12.0 Å². The number of para-hydroxylation sites is 1. The lowest BCUT2D eigenvalue weighted by Gasteiger charge is -2.32. The molecule has 1 aromatic carbocycles. The van der Waals surface area contributed by atoms with E-state index in [0.29, 0.717) is 4.59 Å². The van der Waals surface area contributed by atoms with E-state index in [1.165, 1.54) is 16.8 Å². The highest BCUT2D eigenvalue weighted by molar-refractivity contribution is 5.88. The summed E-state index contributed by atoms with van der Waals surface area (Å²) in [5.41, 5.74) is 8.42. The summed E-state index contributed by atoms with van der Waals surface area (Å²) in [6.45, 7) is 7.15. The van der Waals surface area contributed by atoms with Crippen LogP contribution in [0, 0.1) is 0 Å². The number of rotatable bonds is 5. The topological polar surface area (TPSA) is 24.9 Å². The van der Waals surface area contributed by atoms with Crippen LogP contribution in [0.25, 0.3) is 5.57 Å². The molecule has 0 aliphatic carbocycles. The number of aromatic nitrogens is 1. The van der Waals surface area contributed by atoms with Crippen molar-refractivity contribution in [1.82, 2.24) is 9.58 Å². The Balaban J connectivity index is 2.10. The third kappa shape index (κ3) is 2.36. The lowest BCUT2D eigenvalue weighted by molar-refractivity contribution is 0.442. The molecule has 1 atom stereocenters. The summed E-state index contributed by atoms with van der Waals surface area (Å²) in [7, 11) is 0. The van der Waals surface area contributed by atoms with Crippen molar-refractivity contribution < 1.29 is 0 Å². The quantitative estimate of drug-likeness (QED) is 0.822. The number of allylic oxidation sites excluding steroid dienone is 2. The molecule has 1 aliphatic heterocycles. The van der Waals surface area contributed by atoms with Crippen LogP contribution in [0.1, 0.15) is 18.9 Å². The molecule has 106 valence electrons. The van der Waals surface area contributed by atoms with Gasteiger partial charge in [0, 0.05) is 24.0 Å². The van der Waals surface area contributed by atoms with E-state index in [4.69, 9.17) is 0 Å². The van der Waals surface area contributed by atoms with Gasteiger partial charge in [-0.3, -0.25) is 4.98 Å². The van der Waals surface area contributed by atoms with Crippen LogP contribution in [0.5, 0.6) is 0 Å². The fourth-order valence-electron chi connectivity index (χ4n) is 2.95. The van der Waals surface area contributed by atoms with Crippen LogP contribution in [0.15, 0.2) is 67.6 Å². The van der Waals surface area contributed by atoms with Crippen LogP contribution in [0.3, 0.4) is 0 Å². The molecule has 0 bridgehead atoms. The fraction of sp³-hybridized carbons (Fsp3) is 0.167. The molecular weight excluding hydrogens is 258 g/mol. The second-order valence-corrected chi connectivity index (χ2v) is 5.25. The Bertz CT molecular complexity index is 676. The fourth-order valence-corrected chi connectivity index (χ4v) is 2.95. The summed E-state index contributed by atoms with van der Waals surface area (Å²) in [6, 6.07) is 12.5. The minimum atomic E-state index is 0.623. The molecule has 1 aromatic heterocycles. The van der Waals surface area contributed by atoms with Crippen molar-refractivity contribution in [3.05, 3.63) is 73.2 Å². The highest BCUT2D eigenvalue weighted by Crippen LogP contribution is 2.41. The Labute approximate surface area is 125 Å². The average molecular weight is 278 g/mol. The lowest BCUT2D eigenvalue weighted by Crippen LogP contribution is -2.48. The van der Waals surface area contributed by atoms with Gasteiger partial charge in [0.1, 0.15) is 12.7 Å². The summed E-state index contributed by atoms with van der Waals surface area (Å²) in [4.78, 5) is 4.09. The first kappa shape index (κ1) is 13.6. The standard InChI is InChI=1S/C18H20N3/c1-3-13-21(20-16-9-11-19-12-10-16)14-15(4-2)17-7-5-6-8-18(17)21/h4-12,14H,2-3,13H2,1H3,(H,19,20)/q+1. The van der Waals surface area contributed by atoms with Crippen molar-refractivity contribution in [3.63, 3.8) is 0 Å². The van der Waals surface area contributed by atoms with Gasteiger partial charge in [-0.15, -0.1) is 0 Å². The first-order valence-corrected chi connectivity index (χ1v) is 7.30. The van der Waals surface area contributed by atoms with E-state index >= 15 is 0 Å². The molecule has 0 radical (unpaired) electrons. The summed E-state index contributed by atoms with van der Waals surface area (Å²) < 4.78 is 0.623. The summed E-state index contributed by atoms with van der Waals surface area (Å²) >= 11 is 0. The molecule has 0 saturated heterocycles. The van der Waals surface area contributed by atoms with Gasteiger partial charge >= 0.3 is 0 Å². The third-order valence-corrected chi connectivity index (χ3v) is 3.81. The van der Waals surface area contributed by atoms with Gasteiger partial charge in [-0.25, -0.2) is 5.43 Å². The van der Waals surface area contributed by atoms with Crippen LogP contribution in [-0.2, 0) is 0 Å². The van der Waals surface area contributed by atoms with Crippen LogP contribution in [-0.4, -0.2) is 11.5 Å². The van der Waals surface area contributed by atoms with E-state index in [2.05, 4.69) is 54.4 Å². The van der Waals surface area contributed by atoms with E-state index in [1.807, 2.05) is 30.6 Å². The average Bonchev–Trinajstić information content (AvgIpc) is 2.83. The Kier molecular flexibility index (Phi) is 3.59. The zero-order chi connectivity index (χ0) is 14.7. The molecule has 3 nitrogen and oxygen atoms in total. The van der Waals surface area contributed by atoms with Crippen LogP contribution in [0.2, 0.25) is 0 Å². The molecule has 0 saturated carbocycles. The molecule has 3 rings (SSSR count).